The van der Waals surface area contributed by atoms with Crippen LogP contribution in [0.25, 0.3) is 0 Å². The number of nitrogens with one attached hydrogen (secondary N) is 2. The van der Waals surface area contributed by atoms with Gasteiger partial charge in [0.25, 0.3) is 11.8 Å². The number of halogens is 2. The van der Waals surface area contributed by atoms with Crippen LogP contribution in [0.15, 0.2) is 64.9 Å². The molecule has 0 aromatic heterocycles. The van der Waals surface area contributed by atoms with Crippen molar-refractivity contribution in [1.82, 2.24) is 10.7 Å². The van der Waals surface area contributed by atoms with Gasteiger partial charge < -0.3 is 5.32 Å². The molecule has 134 valence electrons. The van der Waals surface area contributed by atoms with Crippen molar-refractivity contribution in [3.8, 4) is 0 Å². The fraction of sp³-hybridized carbons (Fsp3) is 0.105. The number of benzene rings is 2. The second kappa shape index (κ2) is 9.17. The van der Waals surface area contributed by atoms with Crippen LogP contribution < -0.4 is 10.7 Å². The summed E-state index contributed by atoms with van der Waals surface area (Å²) < 4.78 is 0. The molecule has 0 saturated carbocycles. The van der Waals surface area contributed by atoms with Gasteiger partial charge in [-0.25, -0.2) is 5.43 Å². The zero-order chi connectivity index (χ0) is 19.1. The van der Waals surface area contributed by atoms with Gasteiger partial charge in [-0.1, -0.05) is 47.5 Å². The molecule has 0 aliphatic heterocycles. The quantitative estimate of drug-likeness (QED) is 0.457. The Morgan fingerprint density at radius 1 is 1.00 bits per heavy atom. The molecule has 0 heterocycles. The van der Waals surface area contributed by atoms with Gasteiger partial charge in [0.05, 0.1) is 16.3 Å². The first-order valence-electron chi connectivity index (χ1n) is 7.71. The van der Waals surface area contributed by atoms with Gasteiger partial charge in [0.15, 0.2) is 0 Å². The van der Waals surface area contributed by atoms with Crippen LogP contribution in [0, 0.1) is 0 Å². The molecule has 2 aromatic rings. The predicted octanol–water partition coefficient (Wildman–Crippen LogP) is 4.17. The number of amides is 2. The summed E-state index contributed by atoms with van der Waals surface area (Å²) >= 11 is 11.8. The van der Waals surface area contributed by atoms with Gasteiger partial charge in [0, 0.05) is 5.56 Å². The Bertz CT molecular complexity index is 874. The molecule has 5 nitrogen and oxygen atoms in total. The summed E-state index contributed by atoms with van der Waals surface area (Å²) in [4.78, 5) is 24.6. The molecule has 2 N–H and O–H groups in total. The lowest BCUT2D eigenvalue weighted by Crippen LogP contribution is -2.33. The number of hydrazone groups is 1. The van der Waals surface area contributed by atoms with Crippen molar-refractivity contribution in [2.45, 2.75) is 13.8 Å². The van der Waals surface area contributed by atoms with Gasteiger partial charge in [-0.15, -0.1) is 0 Å². The van der Waals surface area contributed by atoms with E-state index in [-0.39, 0.29) is 11.6 Å². The molecule has 0 radical (unpaired) electrons. The van der Waals surface area contributed by atoms with E-state index in [1.807, 2.05) is 6.07 Å². The standard InChI is InChI=1S/C19H17Cl2N3O2/c1-12(2)17(23-18(25)14-6-4-3-5-7-14)19(26)24-22-11-13-8-9-15(20)16(21)10-13/h3-11H,1-2H3,(H,23,25)(H,24,26)/b22-11-. The molecule has 0 saturated heterocycles. The van der Waals surface area contributed by atoms with E-state index < -0.39 is 5.91 Å². The second-order valence-electron chi connectivity index (χ2n) is 5.57. The minimum Gasteiger partial charge on any atom is -0.317 e. The molecule has 0 spiro atoms. The van der Waals surface area contributed by atoms with Gasteiger partial charge in [0.1, 0.15) is 5.70 Å². The van der Waals surface area contributed by atoms with E-state index in [9.17, 15) is 9.59 Å². The number of carbonyl (C=O) groups excluding carboxylic acids is 2. The largest absolute Gasteiger partial charge is 0.317 e. The highest BCUT2D eigenvalue weighted by atomic mass is 35.5. The summed E-state index contributed by atoms with van der Waals surface area (Å²) in [7, 11) is 0. The SMILES string of the molecule is CC(C)=C(NC(=O)c1ccccc1)C(=O)N/N=C\c1ccc(Cl)c(Cl)c1. The van der Waals surface area contributed by atoms with Crippen LogP contribution in [0.1, 0.15) is 29.8 Å². The summed E-state index contributed by atoms with van der Waals surface area (Å²) in [6.07, 6.45) is 1.43. The number of nitrogens with zero attached hydrogens (tertiary/aromatic N) is 1. The van der Waals surface area contributed by atoms with E-state index in [1.165, 1.54) is 6.21 Å². The summed E-state index contributed by atoms with van der Waals surface area (Å²) in [5.41, 5.74) is 4.31. The minimum absolute atomic E-state index is 0.144. The van der Waals surface area contributed by atoms with Crippen molar-refractivity contribution in [1.29, 1.82) is 0 Å². The van der Waals surface area contributed by atoms with Crippen molar-refractivity contribution in [2.24, 2.45) is 5.10 Å². The van der Waals surface area contributed by atoms with Gasteiger partial charge >= 0.3 is 0 Å². The van der Waals surface area contributed by atoms with Crippen molar-refractivity contribution in [2.75, 3.05) is 0 Å². The molecular formula is C19H17Cl2N3O2. The average Bonchev–Trinajstić information content (AvgIpc) is 2.62. The molecule has 0 unspecified atom stereocenters. The summed E-state index contributed by atoms with van der Waals surface area (Å²) in [6.45, 7) is 3.45. The number of hydrogen-bond donors (Lipinski definition) is 2. The van der Waals surface area contributed by atoms with Crippen molar-refractivity contribution in [3.05, 3.63) is 81.0 Å². The number of allylic oxidation sites excluding steroid dienone is 1. The third-order valence-electron chi connectivity index (χ3n) is 3.32. The van der Waals surface area contributed by atoms with Crippen LogP contribution in [0.5, 0.6) is 0 Å². The molecule has 0 fully saturated rings. The predicted molar refractivity (Wildman–Crippen MR) is 104 cm³/mol. The first kappa shape index (κ1) is 19.7. The van der Waals surface area contributed by atoms with Crippen LogP contribution in [-0.2, 0) is 4.79 Å². The van der Waals surface area contributed by atoms with Crippen LogP contribution >= 0.6 is 23.2 Å². The lowest BCUT2D eigenvalue weighted by Gasteiger charge is -2.10. The summed E-state index contributed by atoms with van der Waals surface area (Å²) in [6, 6.07) is 13.6. The Kier molecular flexibility index (Phi) is 6.95. The van der Waals surface area contributed by atoms with Gasteiger partial charge in [-0.2, -0.15) is 5.10 Å². The molecule has 2 aromatic carbocycles. The van der Waals surface area contributed by atoms with Crippen molar-refractivity contribution >= 4 is 41.2 Å². The summed E-state index contributed by atoms with van der Waals surface area (Å²) in [5, 5.41) is 7.32. The van der Waals surface area contributed by atoms with E-state index >= 15 is 0 Å². The molecule has 0 atom stereocenters. The maximum Gasteiger partial charge on any atom is 0.287 e. The first-order chi connectivity index (χ1) is 12.4. The topological polar surface area (TPSA) is 70.6 Å². The van der Waals surface area contributed by atoms with E-state index in [0.29, 0.717) is 26.7 Å². The fourth-order valence-electron chi connectivity index (χ4n) is 2.00. The highest BCUT2D eigenvalue weighted by Crippen LogP contribution is 2.21. The Hall–Kier alpha value is -2.63. The van der Waals surface area contributed by atoms with Gasteiger partial charge in [-0.05, 0) is 49.2 Å². The Morgan fingerprint density at radius 2 is 1.69 bits per heavy atom. The number of carbonyl (C=O) groups is 2. The van der Waals surface area contributed by atoms with E-state index in [2.05, 4.69) is 15.8 Å². The van der Waals surface area contributed by atoms with Crippen molar-refractivity contribution in [3.63, 3.8) is 0 Å². The van der Waals surface area contributed by atoms with E-state index in [4.69, 9.17) is 23.2 Å². The highest BCUT2D eigenvalue weighted by molar-refractivity contribution is 6.42. The Morgan fingerprint density at radius 3 is 2.31 bits per heavy atom. The first-order valence-corrected chi connectivity index (χ1v) is 8.46. The van der Waals surface area contributed by atoms with Crippen LogP contribution in [0.4, 0.5) is 0 Å². The molecule has 26 heavy (non-hydrogen) atoms. The summed E-state index contributed by atoms with van der Waals surface area (Å²) in [5.74, 6) is -0.893. The van der Waals surface area contributed by atoms with Crippen molar-refractivity contribution < 1.29 is 9.59 Å². The van der Waals surface area contributed by atoms with E-state index in [1.54, 1.807) is 56.3 Å². The number of rotatable bonds is 5. The Balaban J connectivity index is 2.05. The maximum absolute atomic E-state index is 12.3. The lowest BCUT2D eigenvalue weighted by atomic mass is 10.2. The van der Waals surface area contributed by atoms with Gasteiger partial charge in [-0.3, -0.25) is 9.59 Å². The minimum atomic E-state index is -0.523. The smallest absolute Gasteiger partial charge is 0.287 e. The average molecular weight is 390 g/mol. The zero-order valence-corrected chi connectivity index (χ0v) is 15.7. The van der Waals surface area contributed by atoms with Crippen LogP contribution in [0.2, 0.25) is 10.0 Å². The molecule has 0 bridgehead atoms. The van der Waals surface area contributed by atoms with Crippen LogP contribution in [0.3, 0.4) is 0 Å². The monoisotopic (exact) mass is 389 g/mol. The highest BCUT2D eigenvalue weighted by Gasteiger charge is 2.15. The third-order valence-corrected chi connectivity index (χ3v) is 4.06. The maximum atomic E-state index is 12.3. The Labute approximate surface area is 161 Å². The number of hydrogen-bond acceptors (Lipinski definition) is 3. The zero-order valence-electron chi connectivity index (χ0n) is 14.2. The fourth-order valence-corrected chi connectivity index (χ4v) is 2.30. The molecule has 0 aliphatic carbocycles. The molecule has 2 rings (SSSR count). The molecule has 7 heteroatoms. The van der Waals surface area contributed by atoms with Crippen LogP contribution in [-0.4, -0.2) is 18.0 Å². The van der Waals surface area contributed by atoms with Gasteiger partial charge in [0.2, 0.25) is 0 Å². The van der Waals surface area contributed by atoms with E-state index in [0.717, 1.165) is 0 Å². The molecule has 2 amide bonds. The molecule has 0 aliphatic rings. The lowest BCUT2D eigenvalue weighted by molar-refractivity contribution is -0.117. The molecular weight excluding hydrogens is 373 g/mol. The normalized spacial score (nSPS) is 10.5. The second-order valence-corrected chi connectivity index (χ2v) is 6.38. The third kappa shape index (κ3) is 5.44.